The Kier molecular flexibility index (Phi) is 5.34. The van der Waals surface area contributed by atoms with Crippen LogP contribution in [-0.2, 0) is 23.1 Å². The van der Waals surface area contributed by atoms with Crippen LogP contribution >= 0.6 is 0 Å². The highest BCUT2D eigenvalue weighted by molar-refractivity contribution is 7.92. The van der Waals surface area contributed by atoms with Gasteiger partial charge in [-0.2, -0.15) is 10.2 Å². The Hall–Kier alpha value is -2.96. The molecule has 3 aromatic rings. The monoisotopic (exact) mass is 435 g/mol. The van der Waals surface area contributed by atoms with E-state index >= 15 is 0 Å². The van der Waals surface area contributed by atoms with E-state index in [1.165, 1.54) is 23.9 Å². The van der Waals surface area contributed by atoms with Crippen LogP contribution in [0.2, 0.25) is 0 Å². The Morgan fingerprint density at radius 3 is 2.10 bits per heavy atom. The second-order valence-corrected chi connectivity index (χ2v) is 7.64. The van der Waals surface area contributed by atoms with Crippen molar-refractivity contribution in [3.63, 3.8) is 0 Å². The van der Waals surface area contributed by atoms with Crippen LogP contribution in [-0.4, -0.2) is 28.0 Å². The lowest BCUT2D eigenvalue weighted by Crippen LogP contribution is -2.15. The molecule has 1 N–H and O–H groups in total. The molecule has 0 aliphatic rings. The third-order valence-electron chi connectivity index (χ3n) is 4.02. The quantitative estimate of drug-likeness (QED) is 0.367. The van der Waals surface area contributed by atoms with Crippen LogP contribution in [0.5, 0.6) is 0 Å². The molecular formula is C16H14F5N5O2S. The Labute approximate surface area is 161 Å². The molecule has 1 aromatic carbocycles. The summed E-state index contributed by atoms with van der Waals surface area (Å²) in [6.07, 6.45) is 2.45. The predicted molar refractivity (Wildman–Crippen MR) is 91.0 cm³/mol. The smallest absolute Gasteiger partial charge is 0.266 e. The van der Waals surface area contributed by atoms with E-state index in [2.05, 4.69) is 14.9 Å². The van der Waals surface area contributed by atoms with Crippen LogP contribution < -0.4 is 4.72 Å². The lowest BCUT2D eigenvalue weighted by Gasteiger charge is -2.08. The van der Waals surface area contributed by atoms with E-state index in [1.54, 1.807) is 6.92 Å². The number of nitrogens with zero attached hydrogens (tertiary/aromatic N) is 4. The molecule has 0 radical (unpaired) electrons. The summed E-state index contributed by atoms with van der Waals surface area (Å²) in [6, 6.07) is 1.17. The van der Waals surface area contributed by atoms with E-state index in [0.29, 0.717) is 6.54 Å². The van der Waals surface area contributed by atoms with Crippen molar-refractivity contribution in [1.29, 1.82) is 0 Å². The summed E-state index contributed by atoms with van der Waals surface area (Å²) in [7, 11) is -4.06. The molecule has 0 aliphatic carbocycles. The Morgan fingerprint density at radius 2 is 1.55 bits per heavy atom. The van der Waals surface area contributed by atoms with Gasteiger partial charge in [0.1, 0.15) is 4.90 Å². The normalized spacial score (nSPS) is 11.8. The number of hydrogen-bond donors (Lipinski definition) is 1. The first-order chi connectivity index (χ1) is 13.5. The zero-order valence-electron chi connectivity index (χ0n) is 15.0. The number of halogens is 5. The lowest BCUT2D eigenvalue weighted by molar-refractivity contribution is 0.367. The molecule has 29 heavy (non-hydrogen) atoms. The first-order valence-electron chi connectivity index (χ1n) is 8.15. The molecule has 0 unspecified atom stereocenters. The topological polar surface area (TPSA) is 81.8 Å². The molecule has 0 saturated carbocycles. The highest BCUT2D eigenvalue weighted by atomic mass is 32.2. The van der Waals surface area contributed by atoms with E-state index < -0.39 is 51.2 Å². The number of rotatable bonds is 6. The Morgan fingerprint density at radius 1 is 0.966 bits per heavy atom. The van der Waals surface area contributed by atoms with Gasteiger partial charge >= 0.3 is 0 Å². The first kappa shape index (κ1) is 20.8. The van der Waals surface area contributed by atoms with Crippen molar-refractivity contribution in [1.82, 2.24) is 19.6 Å². The van der Waals surface area contributed by atoms with E-state index in [-0.39, 0.29) is 16.4 Å². The van der Waals surface area contributed by atoms with Crippen LogP contribution in [0.25, 0.3) is 0 Å². The van der Waals surface area contributed by atoms with Gasteiger partial charge in [0, 0.05) is 25.0 Å². The van der Waals surface area contributed by atoms with Gasteiger partial charge in [0.15, 0.2) is 29.1 Å². The van der Waals surface area contributed by atoms with E-state index in [0.717, 1.165) is 10.9 Å². The van der Waals surface area contributed by atoms with Gasteiger partial charge in [-0.1, -0.05) is 0 Å². The van der Waals surface area contributed by atoms with Crippen LogP contribution in [0.4, 0.5) is 27.8 Å². The predicted octanol–water partition coefficient (Wildman–Crippen LogP) is 2.95. The maximum absolute atomic E-state index is 13.8. The summed E-state index contributed by atoms with van der Waals surface area (Å²) >= 11 is 0. The van der Waals surface area contributed by atoms with Gasteiger partial charge in [0.25, 0.3) is 10.0 Å². The average molecular weight is 435 g/mol. The maximum atomic E-state index is 13.8. The summed E-state index contributed by atoms with van der Waals surface area (Å²) in [5.74, 6) is -10.6. The zero-order chi connectivity index (χ0) is 21.5. The van der Waals surface area contributed by atoms with Crippen molar-refractivity contribution in [3.8, 4) is 0 Å². The van der Waals surface area contributed by atoms with Gasteiger partial charge in [-0.25, -0.2) is 30.4 Å². The standard InChI is InChI=1S/C16H14F5N5O2S/c1-3-25-7-10(8(2)22-25)29(27,28)24-11-4-5-26(23-11)6-9-12(17)14(19)16(21)15(20)13(9)18/h4-5,7H,3,6H2,1-2H3,(H,23,24). The number of hydrogen-bond acceptors (Lipinski definition) is 4. The van der Waals surface area contributed by atoms with Crippen LogP contribution in [0.1, 0.15) is 18.2 Å². The number of aryl methyl sites for hydroxylation is 2. The Balaban J connectivity index is 1.86. The van der Waals surface area contributed by atoms with E-state index in [4.69, 9.17) is 0 Å². The fourth-order valence-electron chi connectivity index (χ4n) is 2.57. The molecule has 0 spiro atoms. The summed E-state index contributed by atoms with van der Waals surface area (Å²) < 4.78 is 96.7. The van der Waals surface area contributed by atoms with Crippen LogP contribution in [0.15, 0.2) is 23.4 Å². The van der Waals surface area contributed by atoms with E-state index in [1.807, 2.05) is 0 Å². The highest BCUT2D eigenvalue weighted by Gasteiger charge is 2.26. The maximum Gasteiger partial charge on any atom is 0.266 e. The Bertz CT molecular complexity index is 1160. The van der Waals surface area contributed by atoms with Gasteiger partial charge in [0.05, 0.1) is 17.8 Å². The molecule has 0 bridgehead atoms. The molecule has 0 amide bonds. The summed E-state index contributed by atoms with van der Waals surface area (Å²) in [6.45, 7) is 2.92. The van der Waals surface area contributed by atoms with Gasteiger partial charge in [0.2, 0.25) is 5.82 Å². The molecule has 13 heteroatoms. The number of anilines is 1. The number of nitrogens with one attached hydrogen (secondary N) is 1. The molecular weight excluding hydrogens is 421 g/mol. The molecule has 7 nitrogen and oxygen atoms in total. The SMILES string of the molecule is CCn1cc(S(=O)(=O)Nc2ccn(Cc3c(F)c(F)c(F)c(F)c3F)n2)c(C)n1. The first-order valence-corrected chi connectivity index (χ1v) is 9.64. The number of aromatic nitrogens is 4. The van der Waals surface area contributed by atoms with Crippen molar-refractivity contribution in [2.45, 2.75) is 31.8 Å². The fourth-order valence-corrected chi connectivity index (χ4v) is 3.76. The largest absolute Gasteiger partial charge is 0.271 e. The van der Waals surface area contributed by atoms with Crippen molar-refractivity contribution in [2.75, 3.05) is 4.72 Å². The van der Waals surface area contributed by atoms with Crippen LogP contribution in [0.3, 0.4) is 0 Å². The van der Waals surface area contributed by atoms with Crippen molar-refractivity contribution >= 4 is 15.8 Å². The van der Waals surface area contributed by atoms with Gasteiger partial charge in [-0.15, -0.1) is 0 Å². The summed E-state index contributed by atoms with van der Waals surface area (Å²) in [5, 5.41) is 7.79. The zero-order valence-corrected chi connectivity index (χ0v) is 15.9. The van der Waals surface area contributed by atoms with Gasteiger partial charge in [-0.3, -0.25) is 14.1 Å². The van der Waals surface area contributed by atoms with E-state index in [9.17, 15) is 30.4 Å². The van der Waals surface area contributed by atoms with Crippen molar-refractivity contribution in [3.05, 3.63) is 58.8 Å². The van der Waals surface area contributed by atoms with Crippen molar-refractivity contribution in [2.24, 2.45) is 0 Å². The molecule has 2 aromatic heterocycles. The second kappa shape index (κ2) is 7.46. The second-order valence-electron chi connectivity index (χ2n) is 5.99. The minimum Gasteiger partial charge on any atom is -0.271 e. The van der Waals surface area contributed by atoms with Crippen LogP contribution in [0, 0.1) is 36.0 Å². The molecule has 0 aliphatic heterocycles. The summed E-state index contributed by atoms with van der Waals surface area (Å²) in [4.78, 5) is -0.0892. The third-order valence-corrected chi connectivity index (χ3v) is 5.47. The molecule has 0 fully saturated rings. The highest BCUT2D eigenvalue weighted by Crippen LogP contribution is 2.24. The van der Waals surface area contributed by atoms with Gasteiger partial charge in [-0.05, 0) is 13.8 Å². The summed E-state index contributed by atoms with van der Waals surface area (Å²) in [5.41, 5.74) is -0.848. The molecule has 2 heterocycles. The van der Waals surface area contributed by atoms with Crippen molar-refractivity contribution < 1.29 is 30.4 Å². The molecule has 0 saturated heterocycles. The number of benzene rings is 1. The number of sulfonamides is 1. The average Bonchev–Trinajstić information content (AvgIpc) is 3.27. The third kappa shape index (κ3) is 3.81. The molecule has 156 valence electrons. The lowest BCUT2D eigenvalue weighted by atomic mass is 10.1. The minimum atomic E-state index is -4.06. The molecule has 3 rings (SSSR count). The molecule has 0 atom stereocenters. The fraction of sp³-hybridized carbons (Fsp3) is 0.250. The van der Waals surface area contributed by atoms with Gasteiger partial charge < -0.3 is 0 Å². The minimum absolute atomic E-state index is 0.0892.